The second kappa shape index (κ2) is 4.40. The molecular formula is C12H26N2O. The van der Waals surface area contributed by atoms with Gasteiger partial charge in [0.2, 0.25) is 0 Å². The van der Waals surface area contributed by atoms with Crippen molar-refractivity contribution in [2.75, 3.05) is 26.7 Å². The summed E-state index contributed by atoms with van der Waals surface area (Å²) in [6.07, 6.45) is 1.43. The van der Waals surface area contributed by atoms with E-state index in [2.05, 4.69) is 32.6 Å². The minimum Gasteiger partial charge on any atom is -0.380 e. The summed E-state index contributed by atoms with van der Waals surface area (Å²) in [7, 11) is 1.76. The molecule has 15 heavy (non-hydrogen) atoms. The first-order valence-corrected chi connectivity index (χ1v) is 5.83. The number of nitrogens with two attached hydrogens (primary N) is 1. The Morgan fingerprint density at radius 3 is 2.47 bits per heavy atom. The third kappa shape index (κ3) is 2.52. The Hall–Kier alpha value is -0.120. The van der Waals surface area contributed by atoms with E-state index < -0.39 is 0 Å². The van der Waals surface area contributed by atoms with Gasteiger partial charge in [0.1, 0.15) is 0 Å². The van der Waals surface area contributed by atoms with Crippen molar-refractivity contribution in [2.24, 2.45) is 11.1 Å². The highest BCUT2D eigenvalue weighted by atomic mass is 16.5. The Bertz CT molecular complexity index is 218. The van der Waals surface area contributed by atoms with E-state index in [4.69, 9.17) is 10.5 Å². The maximum absolute atomic E-state index is 5.93. The molecule has 0 spiro atoms. The molecule has 0 aromatic carbocycles. The molecule has 0 bridgehead atoms. The van der Waals surface area contributed by atoms with Gasteiger partial charge in [-0.25, -0.2) is 0 Å². The van der Waals surface area contributed by atoms with Gasteiger partial charge in [-0.1, -0.05) is 13.8 Å². The van der Waals surface area contributed by atoms with Crippen LogP contribution in [0.3, 0.4) is 0 Å². The number of rotatable bonds is 4. The van der Waals surface area contributed by atoms with Crippen LogP contribution < -0.4 is 5.73 Å². The minimum absolute atomic E-state index is 0.0253. The fourth-order valence-corrected chi connectivity index (χ4v) is 2.35. The fourth-order valence-electron chi connectivity index (χ4n) is 2.35. The number of hydrogen-bond acceptors (Lipinski definition) is 3. The first-order chi connectivity index (χ1) is 6.85. The molecule has 3 nitrogen and oxygen atoms in total. The van der Waals surface area contributed by atoms with E-state index in [1.54, 1.807) is 7.11 Å². The van der Waals surface area contributed by atoms with Crippen LogP contribution in [0.25, 0.3) is 0 Å². The summed E-state index contributed by atoms with van der Waals surface area (Å²) in [4.78, 5) is 2.49. The highest BCUT2D eigenvalue weighted by Gasteiger charge is 2.42. The van der Waals surface area contributed by atoms with Crippen LogP contribution in [0.5, 0.6) is 0 Å². The average Bonchev–Trinajstić information content (AvgIpc) is 2.56. The summed E-state index contributed by atoms with van der Waals surface area (Å²) in [5.41, 5.74) is 6.33. The third-order valence-corrected chi connectivity index (χ3v) is 4.04. The van der Waals surface area contributed by atoms with Crippen LogP contribution >= 0.6 is 0 Å². The molecule has 1 saturated heterocycles. The largest absolute Gasteiger partial charge is 0.380 e. The van der Waals surface area contributed by atoms with Gasteiger partial charge in [-0.3, -0.25) is 4.90 Å². The fraction of sp³-hybridized carbons (Fsp3) is 1.00. The molecule has 1 aliphatic rings. The van der Waals surface area contributed by atoms with Gasteiger partial charge in [0.25, 0.3) is 0 Å². The van der Waals surface area contributed by atoms with Crippen LogP contribution in [0.1, 0.15) is 34.1 Å². The summed E-state index contributed by atoms with van der Waals surface area (Å²) < 4.78 is 5.47. The van der Waals surface area contributed by atoms with Crippen LogP contribution in [0.15, 0.2) is 0 Å². The lowest BCUT2D eigenvalue weighted by molar-refractivity contribution is -0.0242. The van der Waals surface area contributed by atoms with Gasteiger partial charge in [-0.15, -0.1) is 0 Å². The summed E-state index contributed by atoms with van der Waals surface area (Å²) in [6.45, 7) is 11.9. The Balaban J connectivity index is 2.75. The van der Waals surface area contributed by atoms with Gasteiger partial charge < -0.3 is 10.5 Å². The molecule has 0 saturated carbocycles. The van der Waals surface area contributed by atoms with E-state index in [0.717, 1.165) is 13.1 Å². The van der Waals surface area contributed by atoms with Gasteiger partial charge >= 0.3 is 0 Å². The maximum atomic E-state index is 5.93. The van der Waals surface area contributed by atoms with Crippen molar-refractivity contribution in [1.82, 2.24) is 4.90 Å². The molecule has 90 valence electrons. The van der Waals surface area contributed by atoms with Crippen LogP contribution in [-0.2, 0) is 4.74 Å². The third-order valence-electron chi connectivity index (χ3n) is 4.04. The Kier molecular flexibility index (Phi) is 3.80. The number of methoxy groups -OCH3 is 1. The molecule has 1 aliphatic heterocycles. The van der Waals surface area contributed by atoms with Crippen LogP contribution in [0, 0.1) is 5.41 Å². The summed E-state index contributed by atoms with van der Waals surface area (Å²) in [5, 5.41) is 0. The quantitative estimate of drug-likeness (QED) is 0.770. The first-order valence-electron chi connectivity index (χ1n) is 5.83. The zero-order valence-electron chi connectivity index (χ0n) is 10.8. The molecule has 2 atom stereocenters. The van der Waals surface area contributed by atoms with Crippen LogP contribution in [0.4, 0.5) is 0 Å². The average molecular weight is 214 g/mol. The van der Waals surface area contributed by atoms with Gasteiger partial charge in [0, 0.05) is 20.2 Å². The van der Waals surface area contributed by atoms with E-state index in [1.165, 1.54) is 6.42 Å². The molecule has 1 rings (SSSR count). The zero-order valence-corrected chi connectivity index (χ0v) is 10.8. The second-order valence-electron chi connectivity index (χ2n) is 5.77. The molecule has 1 fully saturated rings. The number of ether oxygens (including phenoxy) is 1. The van der Waals surface area contributed by atoms with E-state index in [9.17, 15) is 0 Å². The lowest BCUT2D eigenvalue weighted by Gasteiger charge is -2.42. The van der Waals surface area contributed by atoms with Crippen molar-refractivity contribution < 1.29 is 4.74 Å². The normalized spacial score (nSPS) is 27.6. The van der Waals surface area contributed by atoms with Crippen molar-refractivity contribution in [2.45, 2.75) is 45.8 Å². The number of hydrogen-bond donors (Lipinski definition) is 1. The lowest BCUT2D eigenvalue weighted by atomic mass is 9.91. The maximum Gasteiger partial charge on any atom is 0.0736 e. The van der Waals surface area contributed by atoms with Crippen molar-refractivity contribution in [3.8, 4) is 0 Å². The van der Waals surface area contributed by atoms with Gasteiger partial charge in [0.15, 0.2) is 0 Å². The van der Waals surface area contributed by atoms with Gasteiger partial charge in [0.05, 0.1) is 11.6 Å². The SMILES string of the molecule is COC(C)C(C)(CN)N1CCC(C)(C)C1. The van der Waals surface area contributed by atoms with Crippen LogP contribution in [-0.4, -0.2) is 43.3 Å². The molecule has 2 unspecified atom stereocenters. The predicted octanol–water partition coefficient (Wildman–Crippen LogP) is 1.47. The molecule has 3 heteroatoms. The molecule has 0 aromatic rings. The monoisotopic (exact) mass is 214 g/mol. The molecule has 0 amide bonds. The lowest BCUT2D eigenvalue weighted by Crippen LogP contribution is -2.58. The first kappa shape index (κ1) is 12.9. The van der Waals surface area contributed by atoms with Crippen molar-refractivity contribution in [3.63, 3.8) is 0 Å². The highest BCUT2D eigenvalue weighted by molar-refractivity contribution is 4.98. The molecule has 0 aromatic heterocycles. The minimum atomic E-state index is -0.0253. The van der Waals surface area contributed by atoms with Gasteiger partial charge in [-0.2, -0.15) is 0 Å². The molecule has 0 radical (unpaired) electrons. The van der Waals surface area contributed by atoms with E-state index in [0.29, 0.717) is 12.0 Å². The van der Waals surface area contributed by atoms with Gasteiger partial charge in [-0.05, 0) is 32.2 Å². The summed E-state index contributed by atoms with van der Waals surface area (Å²) in [6, 6.07) is 0. The van der Waals surface area contributed by atoms with Crippen molar-refractivity contribution in [3.05, 3.63) is 0 Å². The van der Waals surface area contributed by atoms with Crippen molar-refractivity contribution >= 4 is 0 Å². The number of likely N-dealkylation sites (tertiary alicyclic amines) is 1. The second-order valence-corrected chi connectivity index (χ2v) is 5.77. The van der Waals surface area contributed by atoms with Crippen molar-refractivity contribution in [1.29, 1.82) is 0 Å². The Labute approximate surface area is 94.0 Å². The number of nitrogens with zero attached hydrogens (tertiary/aromatic N) is 1. The molecule has 2 N–H and O–H groups in total. The molecular weight excluding hydrogens is 188 g/mol. The van der Waals surface area contributed by atoms with Crippen LogP contribution in [0.2, 0.25) is 0 Å². The molecule has 1 heterocycles. The standard InChI is InChI=1S/C12H26N2O/c1-10(15-5)12(4,8-13)14-7-6-11(2,3)9-14/h10H,6-9,13H2,1-5H3. The predicted molar refractivity (Wildman–Crippen MR) is 63.9 cm³/mol. The smallest absolute Gasteiger partial charge is 0.0736 e. The highest BCUT2D eigenvalue weighted by Crippen LogP contribution is 2.34. The van der Waals surface area contributed by atoms with E-state index in [1.807, 2.05) is 0 Å². The Morgan fingerprint density at radius 2 is 2.13 bits per heavy atom. The summed E-state index contributed by atoms with van der Waals surface area (Å²) in [5.74, 6) is 0. The zero-order chi connectivity index (χ0) is 11.7. The van der Waals surface area contributed by atoms with E-state index >= 15 is 0 Å². The topological polar surface area (TPSA) is 38.5 Å². The van der Waals surface area contributed by atoms with E-state index in [-0.39, 0.29) is 11.6 Å². The Morgan fingerprint density at radius 1 is 1.53 bits per heavy atom. The molecule has 0 aliphatic carbocycles. The summed E-state index contributed by atoms with van der Waals surface area (Å²) >= 11 is 0.